The summed E-state index contributed by atoms with van der Waals surface area (Å²) in [5.41, 5.74) is 0.385. The van der Waals surface area contributed by atoms with Gasteiger partial charge in [0.2, 0.25) is 5.88 Å². The van der Waals surface area contributed by atoms with E-state index in [9.17, 15) is 12.8 Å². The number of ether oxygens (including phenoxy) is 2. The number of fused-ring (bicyclic) bond motifs is 1. The van der Waals surface area contributed by atoms with Crippen LogP contribution >= 0.6 is 23.2 Å². The fourth-order valence-electron chi connectivity index (χ4n) is 2.56. The highest BCUT2D eigenvalue weighted by Gasteiger charge is 2.31. The summed E-state index contributed by atoms with van der Waals surface area (Å²) in [5, 5.41) is 0.432. The van der Waals surface area contributed by atoms with Gasteiger partial charge < -0.3 is 14.5 Å². The molecule has 0 spiro atoms. The molecule has 0 bridgehead atoms. The first-order valence-corrected chi connectivity index (χ1v) is 9.67. The average Bonchev–Trinajstić information content (AvgIpc) is 3.05. The molecular formula is C16H14Cl2FN3O4S. The van der Waals surface area contributed by atoms with E-state index in [1.807, 2.05) is 0 Å². The van der Waals surface area contributed by atoms with Gasteiger partial charge in [0.15, 0.2) is 11.0 Å². The van der Waals surface area contributed by atoms with Crippen molar-refractivity contribution < 1.29 is 22.3 Å². The Morgan fingerprint density at radius 2 is 2.00 bits per heavy atom. The predicted molar refractivity (Wildman–Crippen MR) is 101 cm³/mol. The Labute approximate surface area is 164 Å². The van der Waals surface area contributed by atoms with Crippen LogP contribution in [0.4, 0.5) is 10.1 Å². The van der Waals surface area contributed by atoms with Gasteiger partial charge in [-0.15, -0.1) is 0 Å². The molecule has 0 fully saturated rings. The first kappa shape index (κ1) is 19.7. The number of nitrogens with zero attached hydrogens (tertiary/aromatic N) is 2. The fourth-order valence-corrected chi connectivity index (χ4v) is 4.40. The molecular weight excluding hydrogens is 420 g/mol. The van der Waals surface area contributed by atoms with E-state index >= 15 is 0 Å². The highest BCUT2D eigenvalue weighted by molar-refractivity contribution is 7.93. The Kier molecular flexibility index (Phi) is 5.48. The van der Waals surface area contributed by atoms with E-state index in [0.717, 1.165) is 10.4 Å². The first-order chi connectivity index (χ1) is 12.8. The molecule has 2 heterocycles. The number of anilines is 1. The summed E-state index contributed by atoms with van der Waals surface area (Å²) in [7, 11) is -1.59. The molecule has 0 amide bonds. The van der Waals surface area contributed by atoms with Crippen molar-refractivity contribution in [3.63, 3.8) is 0 Å². The van der Waals surface area contributed by atoms with E-state index in [1.165, 1.54) is 20.4 Å². The van der Waals surface area contributed by atoms with Crippen LogP contribution in [0.15, 0.2) is 35.4 Å². The maximum absolute atomic E-state index is 14.0. The van der Waals surface area contributed by atoms with Crippen molar-refractivity contribution in [2.75, 3.05) is 25.3 Å². The maximum Gasteiger partial charge on any atom is 0.268 e. The van der Waals surface area contributed by atoms with Crippen molar-refractivity contribution in [3.8, 4) is 5.88 Å². The number of halogens is 3. The molecule has 2 aromatic heterocycles. The molecule has 0 atom stereocenters. The van der Waals surface area contributed by atoms with Crippen LogP contribution in [0.5, 0.6) is 5.88 Å². The Balaban J connectivity index is 2.21. The Morgan fingerprint density at radius 1 is 1.26 bits per heavy atom. The third-order valence-corrected chi connectivity index (χ3v) is 6.04. The van der Waals surface area contributed by atoms with Crippen LogP contribution in [0.1, 0.15) is 0 Å². The van der Waals surface area contributed by atoms with Crippen LogP contribution in [0.2, 0.25) is 10.2 Å². The minimum Gasteiger partial charge on any atom is -0.479 e. The highest BCUT2D eigenvalue weighted by Crippen LogP contribution is 2.35. The monoisotopic (exact) mass is 433 g/mol. The van der Waals surface area contributed by atoms with E-state index < -0.39 is 27.7 Å². The summed E-state index contributed by atoms with van der Waals surface area (Å²) >= 11 is 11.6. The molecule has 0 saturated carbocycles. The van der Waals surface area contributed by atoms with Gasteiger partial charge in [0, 0.05) is 35.3 Å². The molecule has 7 nitrogen and oxygen atoms in total. The van der Waals surface area contributed by atoms with Gasteiger partial charge >= 0.3 is 0 Å². The number of H-pyrrole nitrogens is 1. The van der Waals surface area contributed by atoms with Gasteiger partial charge in [0.05, 0.1) is 7.11 Å². The molecule has 1 aromatic carbocycles. The van der Waals surface area contributed by atoms with Crippen molar-refractivity contribution in [1.82, 2.24) is 9.97 Å². The van der Waals surface area contributed by atoms with Crippen LogP contribution in [-0.2, 0) is 14.8 Å². The lowest BCUT2D eigenvalue weighted by Crippen LogP contribution is -2.33. The maximum atomic E-state index is 14.0. The number of sulfonamides is 1. The first-order valence-electron chi connectivity index (χ1n) is 7.48. The lowest BCUT2D eigenvalue weighted by Gasteiger charge is -2.24. The smallest absolute Gasteiger partial charge is 0.268 e. The van der Waals surface area contributed by atoms with Gasteiger partial charge in [-0.25, -0.2) is 17.1 Å². The second-order valence-electron chi connectivity index (χ2n) is 5.40. The summed E-state index contributed by atoms with van der Waals surface area (Å²) in [6, 6.07) is 5.67. The fraction of sp³-hybridized carbons (Fsp3) is 0.188. The van der Waals surface area contributed by atoms with Crippen LogP contribution in [0, 0.1) is 5.82 Å². The van der Waals surface area contributed by atoms with Crippen molar-refractivity contribution in [2.24, 2.45) is 0 Å². The quantitative estimate of drug-likeness (QED) is 0.471. The van der Waals surface area contributed by atoms with E-state index in [0.29, 0.717) is 15.9 Å². The zero-order chi connectivity index (χ0) is 19.8. The summed E-state index contributed by atoms with van der Waals surface area (Å²) in [5.74, 6) is -1.06. The highest BCUT2D eigenvalue weighted by atomic mass is 35.5. The average molecular weight is 434 g/mol. The number of benzene rings is 1. The summed E-state index contributed by atoms with van der Waals surface area (Å²) in [6.07, 6.45) is 1.32. The van der Waals surface area contributed by atoms with E-state index in [2.05, 4.69) is 9.97 Å². The van der Waals surface area contributed by atoms with Crippen molar-refractivity contribution >= 4 is 49.8 Å². The zero-order valence-corrected chi connectivity index (χ0v) is 16.5. The molecule has 3 aromatic rings. The van der Waals surface area contributed by atoms with Crippen molar-refractivity contribution in [1.29, 1.82) is 0 Å². The largest absolute Gasteiger partial charge is 0.479 e. The van der Waals surface area contributed by atoms with E-state index in [-0.39, 0.29) is 16.5 Å². The Hall–Kier alpha value is -2.07. The molecule has 11 heteroatoms. The van der Waals surface area contributed by atoms with E-state index in [1.54, 1.807) is 18.2 Å². The number of nitrogens with one attached hydrogen (secondary N) is 1. The van der Waals surface area contributed by atoms with Crippen molar-refractivity contribution in [2.45, 2.75) is 4.90 Å². The van der Waals surface area contributed by atoms with E-state index in [4.69, 9.17) is 32.7 Å². The predicted octanol–water partition coefficient (Wildman–Crippen LogP) is 3.82. The minimum atomic E-state index is -4.17. The standard InChI is InChI=1S/C16H14Cl2FN3O4S/c1-25-8-22(13-6-11(19)15(18)21-16(13)26-2)27(23,24)14-7-20-12-5-9(17)3-4-10(12)14/h3-7,20H,8H2,1-2H3. The molecule has 144 valence electrons. The molecule has 27 heavy (non-hydrogen) atoms. The number of pyridine rings is 1. The molecule has 0 saturated heterocycles. The third-order valence-electron chi connectivity index (χ3n) is 3.76. The second-order valence-corrected chi connectivity index (χ2v) is 8.03. The molecule has 0 radical (unpaired) electrons. The van der Waals surface area contributed by atoms with Crippen LogP contribution in [-0.4, -0.2) is 39.3 Å². The summed E-state index contributed by atoms with van der Waals surface area (Å²) < 4.78 is 51.5. The molecule has 0 aliphatic heterocycles. The third kappa shape index (κ3) is 3.55. The Morgan fingerprint density at radius 3 is 2.67 bits per heavy atom. The Bertz CT molecular complexity index is 1100. The minimum absolute atomic E-state index is 0.0383. The number of methoxy groups -OCH3 is 2. The lowest BCUT2D eigenvalue weighted by molar-refractivity contribution is 0.209. The van der Waals surface area contributed by atoms with Gasteiger partial charge in [0.25, 0.3) is 10.0 Å². The molecule has 0 aliphatic carbocycles. The van der Waals surface area contributed by atoms with Crippen LogP contribution in [0.3, 0.4) is 0 Å². The van der Waals surface area contributed by atoms with Gasteiger partial charge in [-0.3, -0.25) is 0 Å². The SMILES string of the molecule is COCN(c1cc(F)c(Cl)nc1OC)S(=O)(=O)c1c[nH]c2cc(Cl)ccc12. The number of hydrogen-bond donors (Lipinski definition) is 1. The molecule has 0 aliphatic rings. The number of aromatic nitrogens is 2. The van der Waals surface area contributed by atoms with Gasteiger partial charge in [-0.1, -0.05) is 23.2 Å². The second kappa shape index (κ2) is 7.51. The van der Waals surface area contributed by atoms with Gasteiger partial charge in [-0.2, -0.15) is 4.98 Å². The van der Waals surface area contributed by atoms with Crippen molar-refractivity contribution in [3.05, 3.63) is 46.5 Å². The normalized spacial score (nSPS) is 11.7. The zero-order valence-electron chi connectivity index (χ0n) is 14.2. The summed E-state index contributed by atoms with van der Waals surface area (Å²) in [4.78, 5) is 6.57. The van der Waals surface area contributed by atoms with Crippen LogP contribution < -0.4 is 9.04 Å². The number of hydrogen-bond acceptors (Lipinski definition) is 5. The molecule has 1 N–H and O–H groups in total. The summed E-state index contributed by atoms with van der Waals surface area (Å²) in [6.45, 7) is -0.401. The van der Waals surface area contributed by atoms with Gasteiger partial charge in [0.1, 0.15) is 17.3 Å². The molecule has 0 unspecified atom stereocenters. The number of aromatic amines is 1. The topological polar surface area (TPSA) is 84.5 Å². The number of rotatable bonds is 6. The van der Waals surface area contributed by atoms with Gasteiger partial charge in [-0.05, 0) is 18.2 Å². The molecule has 3 rings (SSSR count). The van der Waals surface area contributed by atoms with Crippen LogP contribution in [0.25, 0.3) is 10.9 Å². The lowest BCUT2D eigenvalue weighted by atomic mass is 10.2.